The number of halogens is 1. The Hall–Kier alpha value is -1.33. The maximum atomic E-state index is 9.58. The second-order valence-electron chi connectivity index (χ2n) is 5.99. The van der Waals surface area contributed by atoms with Gasteiger partial charge in [0.05, 0.1) is 6.61 Å². The molecule has 4 atom stereocenters. The zero-order valence-corrected chi connectivity index (χ0v) is 14.1. The van der Waals surface area contributed by atoms with Gasteiger partial charge in [0.15, 0.2) is 33.7 Å². The molecule has 0 amide bonds. The standard InChI is InChI=1S/C13H16BrN5O4/c1-13(2)22-7-5(3-20)21-11(8(7)23-13)19-10-6(18-12(19)14)9(15)16-4-17-10/h4-5,7-8,11,20H,3H2,1-2H3,(H2,15,16,17)/t5-,7+,8-,11-/m1/s1. The molecule has 2 fully saturated rings. The first-order chi connectivity index (χ1) is 10.9. The number of aromatic nitrogens is 4. The molecule has 0 saturated carbocycles. The van der Waals surface area contributed by atoms with Gasteiger partial charge >= 0.3 is 0 Å². The van der Waals surface area contributed by atoms with Crippen LogP contribution in [0.2, 0.25) is 0 Å². The van der Waals surface area contributed by atoms with E-state index in [0.717, 1.165) is 0 Å². The number of hydrogen-bond acceptors (Lipinski definition) is 8. The number of hydrogen-bond donors (Lipinski definition) is 2. The fourth-order valence-corrected chi connectivity index (χ4v) is 3.69. The molecule has 23 heavy (non-hydrogen) atoms. The van der Waals surface area contributed by atoms with Crippen LogP contribution in [0.15, 0.2) is 11.1 Å². The molecular weight excluding hydrogens is 370 g/mol. The van der Waals surface area contributed by atoms with Gasteiger partial charge in [-0.15, -0.1) is 0 Å². The minimum absolute atomic E-state index is 0.168. The Bertz CT molecular complexity index is 766. The van der Waals surface area contributed by atoms with Crippen molar-refractivity contribution in [2.45, 2.75) is 44.2 Å². The molecule has 124 valence electrons. The van der Waals surface area contributed by atoms with E-state index >= 15 is 0 Å². The first-order valence-corrected chi connectivity index (χ1v) is 7.96. The molecule has 3 N–H and O–H groups in total. The number of nitrogens with zero attached hydrogens (tertiary/aromatic N) is 4. The highest BCUT2D eigenvalue weighted by atomic mass is 79.9. The summed E-state index contributed by atoms with van der Waals surface area (Å²) in [5.41, 5.74) is 6.86. The van der Waals surface area contributed by atoms with Gasteiger partial charge in [-0.05, 0) is 29.8 Å². The fraction of sp³-hybridized carbons (Fsp3) is 0.615. The van der Waals surface area contributed by atoms with Crippen molar-refractivity contribution < 1.29 is 19.3 Å². The molecule has 0 spiro atoms. The Balaban J connectivity index is 1.82. The maximum absolute atomic E-state index is 9.58. The molecule has 0 unspecified atom stereocenters. The average Bonchev–Trinajstić information content (AvgIpc) is 3.08. The Morgan fingerprint density at radius 2 is 2.09 bits per heavy atom. The molecule has 2 aromatic rings. The number of ether oxygens (including phenoxy) is 3. The van der Waals surface area contributed by atoms with Crippen molar-refractivity contribution in [2.24, 2.45) is 0 Å². The Kier molecular flexibility index (Phi) is 3.36. The molecule has 2 saturated heterocycles. The molecule has 0 aliphatic carbocycles. The monoisotopic (exact) mass is 385 g/mol. The minimum Gasteiger partial charge on any atom is -0.394 e. The van der Waals surface area contributed by atoms with Gasteiger partial charge in [0.25, 0.3) is 0 Å². The van der Waals surface area contributed by atoms with Gasteiger partial charge in [-0.2, -0.15) is 0 Å². The number of nitrogen functional groups attached to an aromatic ring is 1. The SMILES string of the molecule is CC1(C)O[C@@H]2[C@@H](O1)[C@@H](CO)O[C@H]2n1c(Br)nc2c(N)ncnc21. The summed E-state index contributed by atoms with van der Waals surface area (Å²) in [4.78, 5) is 12.5. The quantitative estimate of drug-likeness (QED) is 0.720. The molecule has 4 rings (SSSR count). The predicted molar refractivity (Wildman–Crippen MR) is 82.3 cm³/mol. The summed E-state index contributed by atoms with van der Waals surface area (Å²) in [5, 5.41) is 9.58. The molecule has 0 aromatic carbocycles. The lowest BCUT2D eigenvalue weighted by atomic mass is 10.1. The van der Waals surface area contributed by atoms with E-state index in [1.54, 1.807) is 4.57 Å². The molecule has 0 radical (unpaired) electrons. The van der Waals surface area contributed by atoms with Crippen LogP contribution in [-0.2, 0) is 14.2 Å². The van der Waals surface area contributed by atoms with E-state index in [1.807, 2.05) is 13.8 Å². The molecule has 0 bridgehead atoms. The Morgan fingerprint density at radius 3 is 2.83 bits per heavy atom. The normalized spacial score (nSPS) is 32.5. The van der Waals surface area contributed by atoms with Gasteiger partial charge in [0.1, 0.15) is 24.6 Å². The van der Waals surface area contributed by atoms with Crippen LogP contribution in [0.25, 0.3) is 11.2 Å². The lowest BCUT2D eigenvalue weighted by molar-refractivity contribution is -0.200. The summed E-state index contributed by atoms with van der Waals surface area (Å²) < 4.78 is 20.0. The van der Waals surface area contributed by atoms with E-state index < -0.39 is 24.2 Å². The molecule has 2 aliphatic heterocycles. The van der Waals surface area contributed by atoms with Crippen LogP contribution < -0.4 is 5.73 Å². The minimum atomic E-state index is -0.748. The highest BCUT2D eigenvalue weighted by molar-refractivity contribution is 9.10. The van der Waals surface area contributed by atoms with Crippen LogP contribution in [0.5, 0.6) is 0 Å². The van der Waals surface area contributed by atoms with Crippen molar-refractivity contribution >= 4 is 32.9 Å². The second-order valence-corrected chi connectivity index (χ2v) is 6.70. The molecular formula is C13H16BrN5O4. The van der Waals surface area contributed by atoms with Crippen LogP contribution in [0.1, 0.15) is 20.1 Å². The van der Waals surface area contributed by atoms with Gasteiger partial charge in [0.2, 0.25) is 0 Å². The summed E-state index contributed by atoms with van der Waals surface area (Å²) in [6.07, 6.45) is -0.438. The number of nitrogens with two attached hydrogens (primary N) is 1. The van der Waals surface area contributed by atoms with Crippen molar-refractivity contribution in [3.8, 4) is 0 Å². The van der Waals surface area contributed by atoms with E-state index in [2.05, 4.69) is 30.9 Å². The third-order valence-corrected chi connectivity index (χ3v) is 4.58. The number of imidazole rings is 1. The number of aliphatic hydroxyl groups excluding tert-OH is 1. The van der Waals surface area contributed by atoms with E-state index in [1.165, 1.54) is 6.33 Å². The van der Waals surface area contributed by atoms with Crippen LogP contribution in [0, 0.1) is 0 Å². The van der Waals surface area contributed by atoms with Crippen LogP contribution in [0.3, 0.4) is 0 Å². The molecule has 10 heteroatoms. The largest absolute Gasteiger partial charge is 0.394 e. The Labute approximate surface area is 139 Å². The predicted octanol–water partition coefficient (Wildman–Crippen LogP) is 0.581. The summed E-state index contributed by atoms with van der Waals surface area (Å²) in [5.74, 6) is -0.464. The van der Waals surface area contributed by atoms with Crippen molar-refractivity contribution in [1.82, 2.24) is 19.5 Å². The highest BCUT2D eigenvalue weighted by Gasteiger charge is 2.56. The van der Waals surface area contributed by atoms with Crippen molar-refractivity contribution in [1.29, 1.82) is 0 Å². The fourth-order valence-electron chi connectivity index (χ4n) is 3.14. The molecule has 9 nitrogen and oxygen atoms in total. The molecule has 4 heterocycles. The lowest BCUT2D eigenvalue weighted by Gasteiger charge is -2.24. The first-order valence-electron chi connectivity index (χ1n) is 7.17. The van der Waals surface area contributed by atoms with E-state index in [-0.39, 0.29) is 18.5 Å². The van der Waals surface area contributed by atoms with Gasteiger partial charge in [-0.1, -0.05) is 0 Å². The number of aliphatic hydroxyl groups is 1. The number of fused-ring (bicyclic) bond motifs is 2. The smallest absolute Gasteiger partial charge is 0.181 e. The highest BCUT2D eigenvalue weighted by Crippen LogP contribution is 2.44. The summed E-state index contributed by atoms with van der Waals surface area (Å²) in [6.45, 7) is 3.49. The first kappa shape index (κ1) is 15.2. The van der Waals surface area contributed by atoms with Crippen LogP contribution in [-0.4, -0.2) is 55.3 Å². The molecule has 2 aromatic heterocycles. The number of rotatable bonds is 2. The lowest BCUT2D eigenvalue weighted by Crippen LogP contribution is -2.31. The Morgan fingerprint density at radius 1 is 1.35 bits per heavy atom. The van der Waals surface area contributed by atoms with Crippen LogP contribution >= 0.6 is 15.9 Å². The van der Waals surface area contributed by atoms with E-state index in [9.17, 15) is 5.11 Å². The third-order valence-electron chi connectivity index (χ3n) is 4.02. The number of anilines is 1. The van der Waals surface area contributed by atoms with Gasteiger partial charge in [-0.3, -0.25) is 4.57 Å². The van der Waals surface area contributed by atoms with Crippen LogP contribution in [0.4, 0.5) is 5.82 Å². The third kappa shape index (κ3) is 2.24. The molecule has 2 aliphatic rings. The zero-order chi connectivity index (χ0) is 16.4. The van der Waals surface area contributed by atoms with Crippen molar-refractivity contribution in [2.75, 3.05) is 12.3 Å². The van der Waals surface area contributed by atoms with Crippen molar-refractivity contribution in [3.05, 3.63) is 11.1 Å². The summed E-state index contributed by atoms with van der Waals surface area (Å²) >= 11 is 3.41. The maximum Gasteiger partial charge on any atom is 0.181 e. The average molecular weight is 386 g/mol. The van der Waals surface area contributed by atoms with Crippen molar-refractivity contribution in [3.63, 3.8) is 0 Å². The van der Waals surface area contributed by atoms with E-state index in [4.69, 9.17) is 19.9 Å². The second kappa shape index (κ2) is 5.08. The zero-order valence-electron chi connectivity index (χ0n) is 12.5. The van der Waals surface area contributed by atoms with Gasteiger partial charge in [0, 0.05) is 0 Å². The van der Waals surface area contributed by atoms with Gasteiger partial charge < -0.3 is 25.1 Å². The summed E-state index contributed by atoms with van der Waals surface area (Å²) in [6, 6.07) is 0. The van der Waals surface area contributed by atoms with E-state index in [0.29, 0.717) is 15.9 Å². The topological polar surface area (TPSA) is 118 Å². The van der Waals surface area contributed by atoms with Gasteiger partial charge in [-0.25, -0.2) is 15.0 Å². The summed E-state index contributed by atoms with van der Waals surface area (Å²) in [7, 11) is 0.